The highest BCUT2D eigenvalue weighted by atomic mass is 14.9. The van der Waals surface area contributed by atoms with Gasteiger partial charge in [0.1, 0.15) is 5.82 Å². The second kappa shape index (κ2) is 3.96. The van der Waals surface area contributed by atoms with Gasteiger partial charge in [0.05, 0.1) is 18.1 Å². The maximum atomic E-state index is 5.75. The summed E-state index contributed by atoms with van der Waals surface area (Å²) >= 11 is 0. The number of nitrogens with two attached hydrogens (primary N) is 1. The minimum absolute atomic E-state index is 0.0662. The molecule has 0 aliphatic heterocycles. The lowest BCUT2D eigenvalue weighted by atomic mass is 9.43. The predicted octanol–water partition coefficient (Wildman–Crippen LogP) is 3.55. The molecule has 0 radical (unpaired) electrons. The second-order valence-electron chi connectivity index (χ2n) is 8.16. The molecule has 2 N–H and O–H groups in total. The molecule has 4 fully saturated rings. The highest BCUT2D eigenvalue weighted by Gasteiger charge is 2.58. The fraction of sp³-hybridized carbons (Fsp3) is 0.765. The highest BCUT2D eigenvalue weighted by Crippen LogP contribution is 2.65. The van der Waals surface area contributed by atoms with Crippen LogP contribution in [0, 0.1) is 23.2 Å². The average Bonchev–Trinajstić information content (AvgIpc) is 2.37. The van der Waals surface area contributed by atoms with Crippen molar-refractivity contribution in [3.63, 3.8) is 0 Å². The van der Waals surface area contributed by atoms with Crippen LogP contribution in [0.25, 0.3) is 0 Å². The van der Waals surface area contributed by atoms with Crippen molar-refractivity contribution in [3.05, 3.63) is 18.2 Å². The minimum atomic E-state index is 0.0662. The Labute approximate surface area is 121 Å². The summed E-state index contributed by atoms with van der Waals surface area (Å²) in [5, 5.41) is 0. The normalized spacial score (nSPS) is 39.2. The van der Waals surface area contributed by atoms with E-state index in [4.69, 9.17) is 5.73 Å². The Balaban J connectivity index is 1.73. The van der Waals surface area contributed by atoms with Crippen molar-refractivity contribution in [1.29, 1.82) is 0 Å². The first kappa shape index (κ1) is 12.6. The van der Waals surface area contributed by atoms with Crippen LogP contribution in [0.1, 0.15) is 58.2 Å². The van der Waals surface area contributed by atoms with Crippen molar-refractivity contribution in [1.82, 2.24) is 9.97 Å². The molecule has 0 aromatic carbocycles. The molecule has 4 aliphatic rings. The molecule has 0 unspecified atom stereocenters. The lowest BCUT2D eigenvalue weighted by Gasteiger charge is -2.62. The van der Waals surface area contributed by atoms with Crippen molar-refractivity contribution < 1.29 is 0 Å². The van der Waals surface area contributed by atoms with Crippen molar-refractivity contribution in [2.24, 2.45) is 23.2 Å². The van der Waals surface area contributed by atoms with Crippen LogP contribution in [-0.2, 0) is 5.41 Å². The van der Waals surface area contributed by atoms with Gasteiger partial charge in [0.15, 0.2) is 0 Å². The van der Waals surface area contributed by atoms with Crippen LogP contribution < -0.4 is 5.73 Å². The maximum absolute atomic E-state index is 5.75. The first-order chi connectivity index (χ1) is 9.48. The number of aromatic nitrogens is 2. The van der Waals surface area contributed by atoms with E-state index in [1.807, 2.05) is 0 Å². The third-order valence-corrected chi connectivity index (χ3v) is 6.59. The van der Waals surface area contributed by atoms with E-state index in [-0.39, 0.29) is 5.41 Å². The van der Waals surface area contributed by atoms with Gasteiger partial charge in [0, 0.05) is 5.41 Å². The Morgan fingerprint density at radius 1 is 1.00 bits per heavy atom. The number of nitrogen functional groups attached to an aromatic ring is 1. The van der Waals surface area contributed by atoms with Gasteiger partial charge in [0.25, 0.3) is 0 Å². The molecule has 1 aromatic heterocycles. The van der Waals surface area contributed by atoms with Crippen molar-refractivity contribution in [2.75, 3.05) is 5.73 Å². The molecular formula is C17H25N3. The molecule has 108 valence electrons. The summed E-state index contributed by atoms with van der Waals surface area (Å²) < 4.78 is 0. The predicted molar refractivity (Wildman–Crippen MR) is 80.1 cm³/mol. The lowest BCUT2D eigenvalue weighted by Crippen LogP contribution is -2.55. The van der Waals surface area contributed by atoms with Gasteiger partial charge in [-0.15, -0.1) is 0 Å². The first-order valence-corrected chi connectivity index (χ1v) is 8.06. The van der Waals surface area contributed by atoms with Gasteiger partial charge in [-0.05, 0) is 61.7 Å². The molecule has 4 bridgehead atoms. The third-order valence-electron chi connectivity index (χ3n) is 6.59. The zero-order chi connectivity index (χ0) is 14.0. The smallest absolute Gasteiger partial charge is 0.134 e. The van der Waals surface area contributed by atoms with Gasteiger partial charge >= 0.3 is 0 Å². The molecule has 1 aromatic rings. The van der Waals surface area contributed by atoms with E-state index >= 15 is 0 Å². The van der Waals surface area contributed by atoms with Crippen LogP contribution in [-0.4, -0.2) is 9.97 Å². The summed E-state index contributed by atoms with van der Waals surface area (Å²) in [4.78, 5) is 9.14. The van der Waals surface area contributed by atoms with Gasteiger partial charge < -0.3 is 5.73 Å². The Morgan fingerprint density at radius 3 is 1.90 bits per heavy atom. The van der Waals surface area contributed by atoms with Crippen LogP contribution in [0.3, 0.4) is 0 Å². The first-order valence-electron chi connectivity index (χ1n) is 8.06. The van der Waals surface area contributed by atoms with Gasteiger partial charge in [-0.25, -0.2) is 9.97 Å². The van der Waals surface area contributed by atoms with E-state index < -0.39 is 0 Å². The quantitative estimate of drug-likeness (QED) is 0.895. The summed E-state index contributed by atoms with van der Waals surface area (Å²) in [6.07, 6.45) is 12.2. The van der Waals surface area contributed by atoms with E-state index in [2.05, 4.69) is 23.8 Å². The molecule has 3 heteroatoms. The van der Waals surface area contributed by atoms with Gasteiger partial charge in [-0.1, -0.05) is 13.8 Å². The highest BCUT2D eigenvalue weighted by molar-refractivity contribution is 5.31. The maximum Gasteiger partial charge on any atom is 0.134 e. The summed E-state index contributed by atoms with van der Waals surface area (Å²) in [6, 6.07) is 0. The summed E-state index contributed by atoms with van der Waals surface area (Å²) in [7, 11) is 0. The fourth-order valence-corrected chi connectivity index (χ4v) is 5.77. The van der Waals surface area contributed by atoms with E-state index in [1.54, 1.807) is 12.4 Å². The Morgan fingerprint density at radius 2 is 1.45 bits per heavy atom. The topological polar surface area (TPSA) is 51.8 Å². The van der Waals surface area contributed by atoms with E-state index in [9.17, 15) is 0 Å². The number of hydrogen-bond acceptors (Lipinski definition) is 3. The zero-order valence-corrected chi connectivity index (χ0v) is 12.6. The van der Waals surface area contributed by atoms with Crippen LogP contribution in [0.15, 0.2) is 12.4 Å². The Bertz CT molecular complexity index is 482. The third kappa shape index (κ3) is 1.64. The van der Waals surface area contributed by atoms with Gasteiger partial charge in [-0.3, -0.25) is 0 Å². The molecule has 4 aliphatic carbocycles. The number of nitrogens with zero attached hydrogens (tertiary/aromatic N) is 2. The molecule has 5 rings (SSSR count). The Hall–Kier alpha value is -1.12. The van der Waals surface area contributed by atoms with Crippen LogP contribution in [0.2, 0.25) is 0 Å². The van der Waals surface area contributed by atoms with E-state index in [0.717, 1.165) is 23.6 Å². The molecule has 4 saturated carbocycles. The standard InChI is InChI=1S/C17H25N3/c1-16(2,15-19-9-14(18)10-20-15)17-6-11-3-12(7-17)5-13(4-11)8-17/h9-13H,3-8,18H2,1-2H3. The minimum Gasteiger partial charge on any atom is -0.396 e. The molecule has 0 amide bonds. The summed E-state index contributed by atoms with van der Waals surface area (Å²) in [5.74, 6) is 3.89. The monoisotopic (exact) mass is 271 g/mol. The van der Waals surface area contributed by atoms with Gasteiger partial charge in [0.2, 0.25) is 0 Å². The van der Waals surface area contributed by atoms with Crippen LogP contribution in [0.4, 0.5) is 5.69 Å². The molecule has 20 heavy (non-hydrogen) atoms. The van der Waals surface area contributed by atoms with E-state index in [1.165, 1.54) is 38.5 Å². The van der Waals surface area contributed by atoms with Crippen LogP contribution in [0.5, 0.6) is 0 Å². The fourth-order valence-electron chi connectivity index (χ4n) is 5.77. The Kier molecular flexibility index (Phi) is 2.49. The molecule has 3 nitrogen and oxygen atoms in total. The number of rotatable bonds is 2. The number of anilines is 1. The average molecular weight is 271 g/mol. The second-order valence-corrected chi connectivity index (χ2v) is 8.16. The zero-order valence-electron chi connectivity index (χ0n) is 12.6. The van der Waals surface area contributed by atoms with Crippen molar-refractivity contribution >= 4 is 5.69 Å². The van der Waals surface area contributed by atoms with Crippen molar-refractivity contribution in [3.8, 4) is 0 Å². The van der Waals surface area contributed by atoms with Crippen LogP contribution >= 0.6 is 0 Å². The molecular weight excluding hydrogens is 246 g/mol. The van der Waals surface area contributed by atoms with Crippen molar-refractivity contribution in [2.45, 2.75) is 57.8 Å². The number of hydrogen-bond donors (Lipinski definition) is 1. The van der Waals surface area contributed by atoms with Gasteiger partial charge in [-0.2, -0.15) is 0 Å². The molecule has 1 heterocycles. The summed E-state index contributed by atoms with van der Waals surface area (Å²) in [6.45, 7) is 4.73. The largest absolute Gasteiger partial charge is 0.396 e. The summed E-state index contributed by atoms with van der Waals surface area (Å²) in [5.41, 5.74) is 6.91. The molecule has 0 atom stereocenters. The lowest BCUT2D eigenvalue weighted by molar-refractivity contribution is -0.0940. The molecule has 0 saturated heterocycles. The van der Waals surface area contributed by atoms with E-state index in [0.29, 0.717) is 11.1 Å². The molecule has 0 spiro atoms. The SMILES string of the molecule is CC(C)(c1ncc(N)cn1)C12CC3CC(CC(C3)C1)C2.